The van der Waals surface area contributed by atoms with Crippen molar-refractivity contribution in [2.24, 2.45) is 0 Å². The second-order valence-corrected chi connectivity index (χ2v) is 7.86. The highest BCUT2D eigenvalue weighted by Crippen LogP contribution is 2.26. The van der Waals surface area contributed by atoms with Crippen LogP contribution in [0.3, 0.4) is 0 Å². The number of thiophene rings is 1. The molecule has 0 aliphatic rings. The van der Waals surface area contributed by atoms with Crippen LogP contribution in [0.2, 0.25) is 0 Å². The zero-order valence-corrected chi connectivity index (χ0v) is 17.4. The fraction of sp³-hybridized carbons (Fsp3) is 0.227. The molecule has 1 aromatic heterocycles. The van der Waals surface area contributed by atoms with Crippen LogP contribution < -0.4 is 10.6 Å². The average molecular weight is 426 g/mol. The summed E-state index contributed by atoms with van der Waals surface area (Å²) in [7, 11) is 0. The van der Waals surface area contributed by atoms with E-state index in [0.717, 1.165) is 21.2 Å². The van der Waals surface area contributed by atoms with E-state index in [1.165, 1.54) is 0 Å². The van der Waals surface area contributed by atoms with E-state index in [1.54, 1.807) is 36.5 Å². The van der Waals surface area contributed by atoms with Gasteiger partial charge >= 0.3 is 0 Å². The molecule has 0 bridgehead atoms. The van der Waals surface area contributed by atoms with Crippen LogP contribution in [0.15, 0.2) is 53.9 Å². The molecule has 0 spiro atoms. The third-order valence-corrected chi connectivity index (χ3v) is 5.82. The molecule has 2 amide bonds. The third-order valence-electron chi connectivity index (χ3n) is 4.50. The van der Waals surface area contributed by atoms with E-state index in [9.17, 15) is 9.59 Å². The number of amides is 2. The second kappa shape index (κ2) is 9.55. The molecule has 1 heterocycles. The molecule has 29 heavy (non-hydrogen) atoms. The van der Waals surface area contributed by atoms with Crippen molar-refractivity contribution in [1.82, 2.24) is 10.6 Å². The van der Waals surface area contributed by atoms with Crippen LogP contribution in [0.25, 0.3) is 10.1 Å². The molecular weight excluding hydrogens is 406 g/mol. The molecule has 0 aliphatic heterocycles. The Labute approximate surface area is 178 Å². The highest BCUT2D eigenvalue weighted by atomic mass is 35.5. The van der Waals surface area contributed by atoms with Gasteiger partial charge in [-0.15, -0.1) is 22.9 Å². The minimum Gasteiger partial charge on any atom is -0.340 e. The molecule has 7 heteroatoms. The van der Waals surface area contributed by atoms with E-state index in [0.29, 0.717) is 17.9 Å². The Morgan fingerprint density at radius 1 is 1.17 bits per heavy atom. The molecule has 2 aromatic carbocycles. The lowest BCUT2D eigenvalue weighted by atomic mass is 10.0. The summed E-state index contributed by atoms with van der Waals surface area (Å²) in [5.41, 5.74) is 2.23. The number of halogens is 1. The van der Waals surface area contributed by atoms with Gasteiger partial charge in [0.2, 0.25) is 5.91 Å². The van der Waals surface area contributed by atoms with Gasteiger partial charge in [0.05, 0.1) is 6.07 Å². The minimum atomic E-state index is -0.809. The molecule has 2 N–H and O–H groups in total. The fourth-order valence-electron chi connectivity index (χ4n) is 3.00. The Kier molecular flexibility index (Phi) is 6.86. The largest absolute Gasteiger partial charge is 0.340 e. The number of nitrogens with zero attached hydrogens (tertiary/aromatic N) is 1. The summed E-state index contributed by atoms with van der Waals surface area (Å²) >= 11 is 7.45. The highest BCUT2D eigenvalue weighted by Gasteiger charge is 2.24. The van der Waals surface area contributed by atoms with E-state index < -0.39 is 18.0 Å². The van der Waals surface area contributed by atoms with Crippen molar-refractivity contribution in [2.75, 3.05) is 0 Å². The highest BCUT2D eigenvalue weighted by molar-refractivity contribution is 7.17. The van der Waals surface area contributed by atoms with Crippen LogP contribution in [0, 0.1) is 11.3 Å². The maximum Gasteiger partial charge on any atom is 0.251 e. The zero-order valence-electron chi connectivity index (χ0n) is 15.8. The predicted octanol–water partition coefficient (Wildman–Crippen LogP) is 4.01. The van der Waals surface area contributed by atoms with Gasteiger partial charge in [-0.05, 0) is 47.0 Å². The van der Waals surface area contributed by atoms with Gasteiger partial charge in [0.15, 0.2) is 0 Å². The van der Waals surface area contributed by atoms with Gasteiger partial charge < -0.3 is 10.6 Å². The summed E-state index contributed by atoms with van der Waals surface area (Å²) in [4.78, 5) is 25.5. The molecule has 0 aliphatic carbocycles. The molecular formula is C22H20ClN3O2S. The van der Waals surface area contributed by atoms with Gasteiger partial charge in [0, 0.05) is 22.6 Å². The summed E-state index contributed by atoms with van der Waals surface area (Å²) in [6.07, 6.45) is 0.328. The molecule has 0 saturated carbocycles. The first-order valence-electron chi connectivity index (χ1n) is 9.12. The van der Waals surface area contributed by atoms with E-state index in [-0.39, 0.29) is 5.91 Å². The van der Waals surface area contributed by atoms with Crippen LogP contribution in [-0.2, 0) is 17.1 Å². The van der Waals surface area contributed by atoms with E-state index in [1.807, 2.05) is 41.8 Å². The molecule has 2 unspecified atom stereocenters. The van der Waals surface area contributed by atoms with E-state index >= 15 is 0 Å². The predicted molar refractivity (Wildman–Crippen MR) is 116 cm³/mol. The standard InChI is InChI=1S/C22H20ClN3O2S/c1-14(12-24)25-22(28)19(10-17-13-29-20-8-3-2-7-18(17)20)26-21(27)16-6-4-5-15(9-16)11-23/h2-9,13-14,19H,10-11H2,1H3,(H,25,28)(H,26,27). The van der Waals surface area contributed by atoms with Gasteiger partial charge in [0.25, 0.3) is 5.91 Å². The van der Waals surface area contributed by atoms with Crippen molar-refractivity contribution in [2.45, 2.75) is 31.3 Å². The van der Waals surface area contributed by atoms with E-state index in [2.05, 4.69) is 10.6 Å². The monoisotopic (exact) mass is 425 g/mol. The van der Waals surface area contributed by atoms with Crippen molar-refractivity contribution < 1.29 is 9.59 Å². The number of hydrogen-bond donors (Lipinski definition) is 2. The van der Waals surface area contributed by atoms with Crippen LogP contribution in [0.4, 0.5) is 0 Å². The first-order valence-corrected chi connectivity index (χ1v) is 10.5. The first kappa shape index (κ1) is 20.8. The normalized spacial score (nSPS) is 12.7. The van der Waals surface area contributed by atoms with Crippen LogP contribution in [-0.4, -0.2) is 23.9 Å². The third kappa shape index (κ3) is 5.14. The maximum atomic E-state index is 12.8. The number of carbonyl (C=O) groups excluding carboxylic acids is 2. The van der Waals surface area contributed by atoms with E-state index in [4.69, 9.17) is 16.9 Å². The van der Waals surface area contributed by atoms with Gasteiger partial charge in [0.1, 0.15) is 12.1 Å². The molecule has 0 fully saturated rings. The molecule has 5 nitrogen and oxygen atoms in total. The summed E-state index contributed by atoms with van der Waals surface area (Å²) in [6, 6.07) is 15.4. The Hall–Kier alpha value is -2.88. The Balaban J connectivity index is 1.85. The topological polar surface area (TPSA) is 82.0 Å². The summed E-state index contributed by atoms with van der Waals surface area (Å²) < 4.78 is 1.12. The minimum absolute atomic E-state index is 0.297. The van der Waals surface area contributed by atoms with Crippen molar-refractivity contribution in [3.05, 3.63) is 70.6 Å². The number of benzene rings is 2. The SMILES string of the molecule is CC(C#N)NC(=O)C(Cc1csc2ccccc12)NC(=O)c1cccc(CCl)c1. The summed E-state index contributed by atoms with van der Waals surface area (Å²) in [5.74, 6) is -0.455. The quantitative estimate of drug-likeness (QED) is 0.561. The first-order chi connectivity index (χ1) is 14.0. The van der Waals surface area contributed by atoms with Crippen molar-refractivity contribution in [1.29, 1.82) is 5.26 Å². The number of nitriles is 1. The van der Waals surface area contributed by atoms with Crippen LogP contribution in [0.1, 0.15) is 28.4 Å². The number of fused-ring (bicyclic) bond motifs is 1. The lowest BCUT2D eigenvalue weighted by Crippen LogP contribution is -2.50. The lowest BCUT2D eigenvalue weighted by Gasteiger charge is -2.19. The molecule has 0 saturated heterocycles. The Morgan fingerprint density at radius 2 is 1.97 bits per heavy atom. The van der Waals surface area contributed by atoms with Crippen molar-refractivity contribution >= 4 is 44.8 Å². The molecule has 148 valence electrons. The number of hydrogen-bond acceptors (Lipinski definition) is 4. The summed E-state index contributed by atoms with van der Waals surface area (Å²) in [5, 5.41) is 17.5. The number of carbonyl (C=O) groups is 2. The molecule has 2 atom stereocenters. The molecule has 0 radical (unpaired) electrons. The van der Waals surface area contributed by atoms with Gasteiger partial charge in [-0.1, -0.05) is 30.3 Å². The van der Waals surface area contributed by atoms with Gasteiger partial charge in [-0.3, -0.25) is 9.59 Å². The molecule has 3 aromatic rings. The van der Waals surface area contributed by atoms with Crippen LogP contribution in [0.5, 0.6) is 0 Å². The number of nitrogens with one attached hydrogen (secondary N) is 2. The van der Waals surface area contributed by atoms with Crippen molar-refractivity contribution in [3.63, 3.8) is 0 Å². The second-order valence-electron chi connectivity index (χ2n) is 6.68. The maximum absolute atomic E-state index is 12.8. The van der Waals surface area contributed by atoms with Gasteiger partial charge in [-0.25, -0.2) is 0 Å². The fourth-order valence-corrected chi connectivity index (χ4v) is 4.15. The summed E-state index contributed by atoms with van der Waals surface area (Å²) in [6.45, 7) is 1.60. The molecule has 3 rings (SSSR count). The average Bonchev–Trinajstić information content (AvgIpc) is 3.16. The number of alkyl halides is 1. The number of rotatable bonds is 7. The lowest BCUT2D eigenvalue weighted by molar-refractivity contribution is -0.123. The Bertz CT molecular complexity index is 1070. The van der Waals surface area contributed by atoms with Crippen LogP contribution >= 0.6 is 22.9 Å². The smallest absolute Gasteiger partial charge is 0.251 e. The Morgan fingerprint density at radius 3 is 2.72 bits per heavy atom. The zero-order chi connectivity index (χ0) is 20.8. The van der Waals surface area contributed by atoms with Gasteiger partial charge in [-0.2, -0.15) is 5.26 Å². The van der Waals surface area contributed by atoms with Crippen molar-refractivity contribution in [3.8, 4) is 6.07 Å².